The van der Waals surface area contributed by atoms with Crippen LogP contribution in [0, 0.1) is 0 Å². The van der Waals surface area contributed by atoms with Gasteiger partial charge in [-0.05, 0) is 18.2 Å². The first-order valence-corrected chi connectivity index (χ1v) is 5.95. The smallest absolute Gasteiger partial charge is 0.0738 e. The molecule has 2 aromatic carbocycles. The lowest BCUT2D eigenvalue weighted by Gasteiger charge is -1.88. The Labute approximate surface area is 104 Å². The summed E-state index contributed by atoms with van der Waals surface area (Å²) in [5.41, 5.74) is 4.15. The third-order valence-electron chi connectivity index (χ3n) is 3.27. The van der Waals surface area contributed by atoms with Crippen molar-refractivity contribution in [2.45, 2.75) is 0 Å². The van der Waals surface area contributed by atoms with Crippen LogP contribution in [0.2, 0.25) is 0 Å². The number of fused-ring (bicyclic) bond motifs is 4. The normalized spacial score (nSPS) is 11.3. The zero-order valence-corrected chi connectivity index (χ0v) is 9.67. The van der Waals surface area contributed by atoms with Crippen molar-refractivity contribution in [3.63, 3.8) is 0 Å². The van der Waals surface area contributed by atoms with Gasteiger partial charge in [-0.25, -0.2) is 4.98 Å². The number of hydrogen-bond acceptors (Lipinski definition) is 2. The minimum Gasteiger partial charge on any atom is -0.256 e. The van der Waals surface area contributed by atoms with E-state index in [0.29, 0.717) is 0 Å². The van der Waals surface area contributed by atoms with Gasteiger partial charge in [0.15, 0.2) is 0 Å². The van der Waals surface area contributed by atoms with E-state index in [1.54, 1.807) is 0 Å². The molecule has 2 nitrogen and oxygen atoms in total. The third kappa shape index (κ3) is 1.29. The summed E-state index contributed by atoms with van der Waals surface area (Å²) >= 11 is 0. The largest absolute Gasteiger partial charge is 0.256 e. The maximum Gasteiger partial charge on any atom is 0.0738 e. The highest BCUT2D eigenvalue weighted by molar-refractivity contribution is 5.98. The van der Waals surface area contributed by atoms with Gasteiger partial charge < -0.3 is 0 Å². The topological polar surface area (TPSA) is 25.8 Å². The summed E-state index contributed by atoms with van der Waals surface area (Å²) in [6, 6.07) is 18.4. The molecular formula is C16H10N2. The summed E-state index contributed by atoms with van der Waals surface area (Å²) in [4.78, 5) is 9.22. The van der Waals surface area contributed by atoms with Crippen LogP contribution in [0.1, 0.15) is 0 Å². The van der Waals surface area contributed by atoms with Crippen LogP contribution < -0.4 is 0 Å². The van der Waals surface area contributed by atoms with E-state index in [4.69, 9.17) is 0 Å². The standard InChI is InChI=1S/C16H10N2/c1-3-7-14-11(5-1)9-16-13(10-17-14)12-6-2-4-8-15(12)18-16/h1-10H. The van der Waals surface area contributed by atoms with E-state index in [1.807, 2.05) is 42.6 Å². The fraction of sp³-hybridized carbons (Fsp3) is 0. The summed E-state index contributed by atoms with van der Waals surface area (Å²) < 4.78 is 0. The number of hydrogen-bond donors (Lipinski definition) is 0. The van der Waals surface area contributed by atoms with Gasteiger partial charge in [0.25, 0.3) is 0 Å². The molecule has 0 bridgehead atoms. The second kappa shape index (κ2) is 3.50. The van der Waals surface area contributed by atoms with Crippen molar-refractivity contribution in [2.24, 2.45) is 0 Å². The maximum atomic E-state index is 4.67. The Morgan fingerprint density at radius 1 is 0.778 bits per heavy atom. The van der Waals surface area contributed by atoms with Crippen molar-refractivity contribution in [3.05, 3.63) is 60.8 Å². The van der Waals surface area contributed by atoms with Crippen LogP contribution in [0.5, 0.6) is 0 Å². The van der Waals surface area contributed by atoms with Gasteiger partial charge in [-0.2, -0.15) is 0 Å². The molecule has 2 heterocycles. The molecule has 0 unspecified atom stereocenters. The molecule has 0 aromatic heterocycles. The Morgan fingerprint density at radius 2 is 1.56 bits per heavy atom. The van der Waals surface area contributed by atoms with Crippen LogP contribution in [-0.4, -0.2) is 9.97 Å². The molecule has 2 aliphatic rings. The summed E-state index contributed by atoms with van der Waals surface area (Å²) in [5.74, 6) is 0. The molecule has 2 aliphatic heterocycles. The maximum absolute atomic E-state index is 4.67. The fourth-order valence-electron chi connectivity index (χ4n) is 2.38. The van der Waals surface area contributed by atoms with Crippen molar-refractivity contribution < 1.29 is 0 Å². The van der Waals surface area contributed by atoms with Crippen LogP contribution in [-0.2, 0) is 0 Å². The molecular weight excluding hydrogens is 220 g/mol. The fourth-order valence-corrected chi connectivity index (χ4v) is 2.38. The Balaban J connectivity index is 2.20. The van der Waals surface area contributed by atoms with Crippen LogP contribution in [0.25, 0.3) is 33.1 Å². The lowest BCUT2D eigenvalue weighted by atomic mass is 10.1. The van der Waals surface area contributed by atoms with Gasteiger partial charge in [-0.3, -0.25) is 4.98 Å². The van der Waals surface area contributed by atoms with Gasteiger partial charge in [0.1, 0.15) is 0 Å². The van der Waals surface area contributed by atoms with E-state index in [0.717, 1.165) is 27.7 Å². The molecule has 0 atom stereocenters. The van der Waals surface area contributed by atoms with E-state index < -0.39 is 0 Å². The Bertz CT molecular complexity index is 830. The molecule has 4 rings (SSSR count). The molecule has 18 heavy (non-hydrogen) atoms. The van der Waals surface area contributed by atoms with E-state index in [1.165, 1.54) is 5.39 Å². The van der Waals surface area contributed by atoms with Gasteiger partial charge in [0.2, 0.25) is 0 Å². The SMILES string of the molecule is c1ccc2ncc3c4ccccc4nc-3cc2c1. The summed E-state index contributed by atoms with van der Waals surface area (Å²) in [6.45, 7) is 0. The Kier molecular flexibility index (Phi) is 1.86. The number of aromatic nitrogens is 2. The average molecular weight is 230 g/mol. The highest BCUT2D eigenvalue weighted by Gasteiger charge is 2.10. The van der Waals surface area contributed by atoms with Crippen LogP contribution >= 0.6 is 0 Å². The highest BCUT2D eigenvalue weighted by Crippen LogP contribution is 2.30. The summed E-state index contributed by atoms with van der Waals surface area (Å²) in [6.07, 6.45) is 1.92. The van der Waals surface area contributed by atoms with Gasteiger partial charge >= 0.3 is 0 Å². The zero-order valence-electron chi connectivity index (χ0n) is 9.67. The van der Waals surface area contributed by atoms with Gasteiger partial charge in [-0.1, -0.05) is 36.4 Å². The summed E-state index contributed by atoms with van der Waals surface area (Å²) in [7, 11) is 0. The van der Waals surface area contributed by atoms with E-state index in [-0.39, 0.29) is 0 Å². The second-order valence-corrected chi connectivity index (χ2v) is 4.39. The highest BCUT2D eigenvalue weighted by atomic mass is 14.7. The van der Waals surface area contributed by atoms with Crippen molar-refractivity contribution in [3.8, 4) is 11.3 Å². The molecule has 0 spiro atoms. The van der Waals surface area contributed by atoms with Crippen molar-refractivity contribution in [1.82, 2.24) is 9.97 Å². The quantitative estimate of drug-likeness (QED) is 0.458. The molecule has 0 saturated heterocycles. The molecule has 0 N–H and O–H groups in total. The average Bonchev–Trinajstić information content (AvgIpc) is 2.65. The Morgan fingerprint density at radius 3 is 2.50 bits per heavy atom. The lowest BCUT2D eigenvalue weighted by Crippen LogP contribution is -1.69. The number of nitrogens with zero attached hydrogens (tertiary/aromatic N) is 2. The number of rotatable bonds is 0. The minimum atomic E-state index is 1.000. The molecule has 2 aromatic rings. The molecule has 2 heteroatoms. The van der Waals surface area contributed by atoms with Crippen LogP contribution in [0.3, 0.4) is 0 Å². The predicted octanol–water partition coefficient (Wildman–Crippen LogP) is 3.89. The monoisotopic (exact) mass is 230 g/mol. The van der Waals surface area contributed by atoms with Crippen LogP contribution in [0.15, 0.2) is 60.8 Å². The number of para-hydroxylation sites is 2. The van der Waals surface area contributed by atoms with Crippen molar-refractivity contribution in [2.75, 3.05) is 0 Å². The minimum absolute atomic E-state index is 1.000. The number of benzene rings is 2. The third-order valence-corrected chi connectivity index (χ3v) is 3.27. The van der Waals surface area contributed by atoms with E-state index in [9.17, 15) is 0 Å². The van der Waals surface area contributed by atoms with Crippen molar-refractivity contribution >= 4 is 21.8 Å². The Hall–Kier alpha value is -2.48. The van der Waals surface area contributed by atoms with Crippen LogP contribution in [0.4, 0.5) is 0 Å². The molecule has 0 amide bonds. The first-order chi connectivity index (χ1) is 8.92. The molecule has 0 saturated carbocycles. The first kappa shape index (κ1) is 9.54. The van der Waals surface area contributed by atoms with E-state index in [2.05, 4.69) is 28.2 Å². The zero-order chi connectivity index (χ0) is 11.9. The molecule has 0 aliphatic carbocycles. The summed E-state index contributed by atoms with van der Waals surface area (Å²) in [5, 5.41) is 2.29. The first-order valence-electron chi connectivity index (χ1n) is 5.95. The molecule has 84 valence electrons. The lowest BCUT2D eigenvalue weighted by molar-refractivity contribution is 1.43. The second-order valence-electron chi connectivity index (χ2n) is 4.39. The molecule has 0 fully saturated rings. The van der Waals surface area contributed by atoms with E-state index >= 15 is 0 Å². The predicted molar refractivity (Wildman–Crippen MR) is 73.7 cm³/mol. The van der Waals surface area contributed by atoms with Gasteiger partial charge in [0, 0.05) is 22.5 Å². The van der Waals surface area contributed by atoms with Crippen molar-refractivity contribution in [1.29, 1.82) is 0 Å². The van der Waals surface area contributed by atoms with Gasteiger partial charge in [-0.15, -0.1) is 0 Å². The van der Waals surface area contributed by atoms with Gasteiger partial charge in [0.05, 0.1) is 16.7 Å². The molecule has 0 radical (unpaired) electrons.